The standard InChI is InChI=1S/C18H17N3O2S/c1-12(2)23-16-9-4-3-7-13(16)20-17(22)15-11-24-18(21-15)14-8-5-6-10-19-14/h3-12H,1-2H3,(H,20,22). The van der Waals surface area contributed by atoms with Crippen LogP contribution in [-0.4, -0.2) is 22.0 Å². The van der Waals surface area contributed by atoms with Gasteiger partial charge in [-0.15, -0.1) is 11.3 Å². The smallest absolute Gasteiger partial charge is 0.275 e. The number of nitrogens with zero attached hydrogens (tertiary/aromatic N) is 2. The van der Waals surface area contributed by atoms with Crippen LogP contribution >= 0.6 is 11.3 Å². The summed E-state index contributed by atoms with van der Waals surface area (Å²) in [5.74, 6) is 0.370. The number of benzene rings is 1. The Kier molecular flexibility index (Phi) is 4.86. The van der Waals surface area contributed by atoms with Gasteiger partial charge in [-0.1, -0.05) is 18.2 Å². The van der Waals surface area contributed by atoms with Crippen molar-refractivity contribution < 1.29 is 9.53 Å². The van der Waals surface area contributed by atoms with Gasteiger partial charge in [0.25, 0.3) is 5.91 Å². The zero-order valence-corrected chi connectivity index (χ0v) is 14.2. The number of nitrogens with one attached hydrogen (secondary N) is 1. The van der Waals surface area contributed by atoms with Crippen LogP contribution < -0.4 is 10.1 Å². The minimum Gasteiger partial charge on any atom is -0.489 e. The number of rotatable bonds is 5. The molecule has 2 heterocycles. The summed E-state index contributed by atoms with van der Waals surface area (Å²) in [6, 6.07) is 13.0. The van der Waals surface area contributed by atoms with Crippen molar-refractivity contribution in [2.24, 2.45) is 0 Å². The van der Waals surface area contributed by atoms with Gasteiger partial charge in [0.2, 0.25) is 0 Å². The van der Waals surface area contributed by atoms with Crippen LogP contribution in [0.15, 0.2) is 54.0 Å². The van der Waals surface area contributed by atoms with Crippen LogP contribution in [0.2, 0.25) is 0 Å². The lowest BCUT2D eigenvalue weighted by Gasteiger charge is -2.14. The average molecular weight is 339 g/mol. The van der Waals surface area contributed by atoms with E-state index in [1.165, 1.54) is 11.3 Å². The molecule has 0 saturated carbocycles. The normalized spacial score (nSPS) is 10.6. The third kappa shape index (κ3) is 3.78. The van der Waals surface area contributed by atoms with Gasteiger partial charge < -0.3 is 10.1 Å². The molecule has 0 saturated heterocycles. The van der Waals surface area contributed by atoms with E-state index < -0.39 is 0 Å². The van der Waals surface area contributed by atoms with Crippen molar-refractivity contribution >= 4 is 22.9 Å². The number of carbonyl (C=O) groups excluding carboxylic acids is 1. The van der Waals surface area contributed by atoms with Crippen LogP contribution in [0.1, 0.15) is 24.3 Å². The molecule has 1 N–H and O–H groups in total. The van der Waals surface area contributed by atoms with Gasteiger partial charge in [0, 0.05) is 11.6 Å². The molecule has 1 amide bonds. The number of ether oxygens (including phenoxy) is 1. The fourth-order valence-electron chi connectivity index (χ4n) is 2.10. The van der Waals surface area contributed by atoms with Crippen LogP contribution in [-0.2, 0) is 0 Å². The van der Waals surface area contributed by atoms with Crippen LogP contribution in [0.4, 0.5) is 5.69 Å². The summed E-state index contributed by atoms with van der Waals surface area (Å²) < 4.78 is 5.71. The Morgan fingerprint density at radius 3 is 2.71 bits per heavy atom. The van der Waals surface area contributed by atoms with Gasteiger partial charge in [-0.3, -0.25) is 9.78 Å². The number of para-hydroxylation sites is 2. The molecule has 0 unspecified atom stereocenters. The molecular formula is C18H17N3O2S. The quantitative estimate of drug-likeness (QED) is 0.755. The summed E-state index contributed by atoms with van der Waals surface area (Å²) in [7, 11) is 0. The zero-order valence-electron chi connectivity index (χ0n) is 13.4. The van der Waals surface area contributed by atoms with Crippen LogP contribution in [0.5, 0.6) is 5.75 Å². The molecule has 0 aliphatic rings. The summed E-state index contributed by atoms with van der Waals surface area (Å²) in [4.78, 5) is 21.1. The number of hydrogen-bond donors (Lipinski definition) is 1. The lowest BCUT2D eigenvalue weighted by Crippen LogP contribution is -2.14. The highest BCUT2D eigenvalue weighted by Gasteiger charge is 2.14. The first-order valence-electron chi connectivity index (χ1n) is 7.57. The van der Waals surface area contributed by atoms with E-state index >= 15 is 0 Å². The van der Waals surface area contributed by atoms with E-state index in [1.54, 1.807) is 11.6 Å². The van der Waals surface area contributed by atoms with E-state index in [9.17, 15) is 4.79 Å². The first-order chi connectivity index (χ1) is 11.6. The molecule has 3 rings (SSSR count). The zero-order chi connectivity index (χ0) is 16.9. The molecule has 3 aromatic rings. The Hall–Kier alpha value is -2.73. The minimum atomic E-state index is -0.270. The number of carbonyl (C=O) groups is 1. The number of anilines is 1. The number of pyridine rings is 1. The largest absolute Gasteiger partial charge is 0.489 e. The van der Waals surface area contributed by atoms with E-state index in [4.69, 9.17) is 4.74 Å². The second-order valence-electron chi connectivity index (χ2n) is 5.37. The molecule has 122 valence electrons. The maximum absolute atomic E-state index is 12.5. The van der Waals surface area contributed by atoms with Gasteiger partial charge in [-0.05, 0) is 38.1 Å². The van der Waals surface area contributed by atoms with Gasteiger partial charge in [-0.2, -0.15) is 0 Å². The number of aromatic nitrogens is 2. The van der Waals surface area contributed by atoms with Crippen molar-refractivity contribution in [3.8, 4) is 16.5 Å². The topological polar surface area (TPSA) is 64.1 Å². The molecule has 0 spiro atoms. The molecular weight excluding hydrogens is 322 g/mol. The molecule has 0 radical (unpaired) electrons. The summed E-state index contributed by atoms with van der Waals surface area (Å²) in [6.45, 7) is 3.89. The molecule has 0 aliphatic carbocycles. The summed E-state index contributed by atoms with van der Waals surface area (Å²) >= 11 is 1.39. The number of amides is 1. The molecule has 0 atom stereocenters. The third-order valence-corrected chi connectivity index (χ3v) is 3.98. The molecule has 1 aromatic carbocycles. The Labute approximate surface area is 144 Å². The summed E-state index contributed by atoms with van der Waals surface area (Å²) in [6.07, 6.45) is 1.73. The lowest BCUT2D eigenvalue weighted by atomic mass is 10.2. The van der Waals surface area contributed by atoms with Gasteiger partial charge >= 0.3 is 0 Å². The Balaban J connectivity index is 1.78. The van der Waals surface area contributed by atoms with Gasteiger partial charge in [0.1, 0.15) is 16.5 Å². The van der Waals surface area contributed by atoms with Gasteiger partial charge in [-0.25, -0.2) is 4.98 Å². The van der Waals surface area contributed by atoms with E-state index in [-0.39, 0.29) is 12.0 Å². The second kappa shape index (κ2) is 7.23. The first-order valence-corrected chi connectivity index (χ1v) is 8.45. The van der Waals surface area contributed by atoms with Crippen molar-refractivity contribution in [3.63, 3.8) is 0 Å². The highest BCUT2D eigenvalue weighted by atomic mass is 32.1. The van der Waals surface area contributed by atoms with E-state index in [1.807, 2.05) is 56.3 Å². The van der Waals surface area contributed by atoms with E-state index in [0.29, 0.717) is 22.1 Å². The SMILES string of the molecule is CC(C)Oc1ccccc1NC(=O)c1csc(-c2ccccn2)n1. The monoisotopic (exact) mass is 339 g/mol. The third-order valence-electron chi connectivity index (χ3n) is 3.12. The van der Waals surface area contributed by atoms with Crippen LogP contribution in [0.25, 0.3) is 10.7 Å². The highest BCUT2D eigenvalue weighted by molar-refractivity contribution is 7.13. The average Bonchev–Trinajstić information content (AvgIpc) is 3.07. The molecule has 6 heteroatoms. The molecule has 0 bridgehead atoms. The number of thiazole rings is 1. The van der Waals surface area contributed by atoms with Gasteiger partial charge in [0.15, 0.2) is 0 Å². The summed E-state index contributed by atoms with van der Waals surface area (Å²) in [5, 5.41) is 5.30. The Morgan fingerprint density at radius 1 is 1.17 bits per heavy atom. The molecule has 2 aromatic heterocycles. The van der Waals surface area contributed by atoms with Gasteiger partial charge in [0.05, 0.1) is 17.5 Å². The number of hydrogen-bond acceptors (Lipinski definition) is 5. The predicted octanol–water partition coefficient (Wildman–Crippen LogP) is 4.24. The molecule has 0 aliphatic heterocycles. The van der Waals surface area contributed by atoms with Crippen molar-refractivity contribution in [2.75, 3.05) is 5.32 Å². The second-order valence-corrected chi connectivity index (χ2v) is 6.23. The van der Waals surface area contributed by atoms with Crippen molar-refractivity contribution in [1.82, 2.24) is 9.97 Å². The Morgan fingerprint density at radius 2 is 1.96 bits per heavy atom. The van der Waals surface area contributed by atoms with Crippen molar-refractivity contribution in [2.45, 2.75) is 20.0 Å². The van der Waals surface area contributed by atoms with E-state index in [0.717, 1.165) is 5.69 Å². The fourth-order valence-corrected chi connectivity index (χ4v) is 2.87. The predicted molar refractivity (Wildman–Crippen MR) is 95.5 cm³/mol. The van der Waals surface area contributed by atoms with Crippen LogP contribution in [0, 0.1) is 0 Å². The minimum absolute atomic E-state index is 0.0260. The van der Waals surface area contributed by atoms with Crippen molar-refractivity contribution in [3.05, 3.63) is 59.7 Å². The summed E-state index contributed by atoms with van der Waals surface area (Å²) in [5.41, 5.74) is 1.74. The molecule has 5 nitrogen and oxygen atoms in total. The van der Waals surface area contributed by atoms with E-state index in [2.05, 4.69) is 15.3 Å². The lowest BCUT2D eigenvalue weighted by molar-refractivity contribution is 0.102. The van der Waals surface area contributed by atoms with Crippen molar-refractivity contribution in [1.29, 1.82) is 0 Å². The van der Waals surface area contributed by atoms with Crippen LogP contribution in [0.3, 0.4) is 0 Å². The first kappa shape index (κ1) is 16.1. The molecule has 24 heavy (non-hydrogen) atoms. The maximum atomic E-state index is 12.5. The maximum Gasteiger partial charge on any atom is 0.275 e. The molecule has 0 fully saturated rings. The highest BCUT2D eigenvalue weighted by Crippen LogP contribution is 2.26. The Bertz CT molecular complexity index is 831. The fraction of sp³-hybridized carbons (Fsp3) is 0.167.